The van der Waals surface area contributed by atoms with E-state index >= 15 is 0 Å². The fourth-order valence-corrected chi connectivity index (χ4v) is 4.14. The maximum atomic E-state index is 14.5. The van der Waals surface area contributed by atoms with Gasteiger partial charge >= 0.3 is 0 Å². The van der Waals surface area contributed by atoms with Crippen molar-refractivity contribution >= 4 is 17.3 Å². The van der Waals surface area contributed by atoms with Crippen LogP contribution in [-0.2, 0) is 0 Å². The Hall–Kier alpha value is -3.46. The minimum absolute atomic E-state index is 0.0816. The second-order valence-corrected chi connectivity index (χ2v) is 7.89. The molecule has 1 amide bonds. The Morgan fingerprint density at radius 1 is 1.09 bits per heavy atom. The van der Waals surface area contributed by atoms with Gasteiger partial charge in [-0.3, -0.25) is 9.78 Å². The molecule has 6 nitrogen and oxygen atoms in total. The number of hydrogen-bond acceptors (Lipinski definition) is 5. The minimum Gasteiger partial charge on any atom is -0.397 e. The third kappa shape index (κ3) is 4.29. The van der Waals surface area contributed by atoms with Crippen LogP contribution < -0.4 is 16.8 Å². The lowest BCUT2D eigenvalue weighted by molar-refractivity contribution is 0.102. The molecular weight excluding hydrogens is 419 g/mol. The van der Waals surface area contributed by atoms with Crippen molar-refractivity contribution in [2.45, 2.75) is 37.6 Å². The Morgan fingerprint density at radius 2 is 1.84 bits per heavy atom. The topological polar surface area (TPSA) is 107 Å². The van der Waals surface area contributed by atoms with Gasteiger partial charge in [-0.2, -0.15) is 0 Å². The van der Waals surface area contributed by atoms with Gasteiger partial charge in [0.15, 0.2) is 11.5 Å². The fraction of sp³-hybridized carbons (Fsp3) is 0.261. The first-order chi connectivity index (χ1) is 15.3. The summed E-state index contributed by atoms with van der Waals surface area (Å²) >= 11 is 0. The van der Waals surface area contributed by atoms with Gasteiger partial charge in [0.1, 0.15) is 17.3 Å². The van der Waals surface area contributed by atoms with Crippen LogP contribution in [0.15, 0.2) is 42.7 Å². The summed E-state index contributed by atoms with van der Waals surface area (Å²) < 4.78 is 42.9. The first-order valence-corrected chi connectivity index (χ1v) is 10.3. The van der Waals surface area contributed by atoms with E-state index in [1.54, 1.807) is 6.20 Å². The molecule has 166 valence electrons. The Labute approximate surface area is 182 Å². The Balaban J connectivity index is 1.68. The quantitative estimate of drug-likeness (QED) is 0.557. The summed E-state index contributed by atoms with van der Waals surface area (Å²) in [7, 11) is 0. The van der Waals surface area contributed by atoms with E-state index in [0.29, 0.717) is 5.69 Å². The number of pyridine rings is 2. The summed E-state index contributed by atoms with van der Waals surface area (Å²) in [6.07, 6.45) is 6.77. The van der Waals surface area contributed by atoms with Gasteiger partial charge < -0.3 is 16.8 Å². The van der Waals surface area contributed by atoms with Crippen LogP contribution in [0.1, 0.15) is 47.7 Å². The molecule has 32 heavy (non-hydrogen) atoms. The molecule has 0 bridgehead atoms. The van der Waals surface area contributed by atoms with Gasteiger partial charge in [-0.25, -0.2) is 18.2 Å². The lowest BCUT2D eigenvalue weighted by atomic mass is 9.81. The predicted octanol–water partition coefficient (Wildman–Crippen LogP) is 4.38. The summed E-state index contributed by atoms with van der Waals surface area (Å²) in [5.41, 5.74) is 11.4. The van der Waals surface area contributed by atoms with E-state index in [1.807, 2.05) is 6.07 Å². The number of halogens is 3. The number of amides is 1. The number of aromatic nitrogens is 2. The normalized spacial score (nSPS) is 18.4. The van der Waals surface area contributed by atoms with Crippen molar-refractivity contribution in [3.05, 3.63) is 71.4 Å². The van der Waals surface area contributed by atoms with Gasteiger partial charge in [-0.1, -0.05) is 12.5 Å². The van der Waals surface area contributed by atoms with Crippen LogP contribution >= 0.6 is 0 Å². The summed E-state index contributed by atoms with van der Waals surface area (Å²) in [5, 5.41) is 2.71. The van der Waals surface area contributed by atoms with E-state index in [-0.39, 0.29) is 23.3 Å². The Bertz CT molecular complexity index is 1150. The van der Waals surface area contributed by atoms with Gasteiger partial charge in [-0.15, -0.1) is 0 Å². The number of benzene rings is 1. The largest absolute Gasteiger partial charge is 0.397 e. The highest BCUT2D eigenvalue weighted by molar-refractivity contribution is 6.06. The first kappa shape index (κ1) is 21.8. The number of anilines is 2. The molecule has 1 aromatic carbocycles. The van der Waals surface area contributed by atoms with E-state index in [2.05, 4.69) is 15.3 Å². The number of nitrogens with two attached hydrogens (primary N) is 2. The van der Waals surface area contributed by atoms with Crippen molar-refractivity contribution in [3.8, 4) is 11.3 Å². The van der Waals surface area contributed by atoms with Crippen molar-refractivity contribution in [2.75, 3.05) is 11.1 Å². The third-order valence-corrected chi connectivity index (χ3v) is 5.68. The van der Waals surface area contributed by atoms with Crippen molar-refractivity contribution < 1.29 is 18.0 Å². The molecule has 2 aromatic heterocycles. The van der Waals surface area contributed by atoms with Crippen LogP contribution in [0, 0.1) is 17.5 Å². The number of nitrogen functional groups attached to an aromatic ring is 1. The van der Waals surface area contributed by atoms with Gasteiger partial charge in [0.05, 0.1) is 23.1 Å². The van der Waals surface area contributed by atoms with Crippen molar-refractivity contribution in [1.29, 1.82) is 0 Å². The number of hydrogen-bond donors (Lipinski definition) is 3. The van der Waals surface area contributed by atoms with E-state index in [9.17, 15) is 18.0 Å². The maximum Gasteiger partial charge on any atom is 0.276 e. The number of carbonyl (C=O) groups excluding carboxylic acids is 1. The number of rotatable bonds is 4. The van der Waals surface area contributed by atoms with Crippen LogP contribution in [0.25, 0.3) is 11.3 Å². The highest BCUT2D eigenvalue weighted by Crippen LogP contribution is 2.36. The van der Waals surface area contributed by atoms with E-state index in [1.165, 1.54) is 6.20 Å². The molecule has 0 spiro atoms. The van der Waals surface area contributed by atoms with Crippen molar-refractivity contribution in [1.82, 2.24) is 9.97 Å². The standard InChI is InChI=1S/C23H22F3N5O/c24-15-5-2-6-16(25)20(15)21-17(26)10-18(28)22(31-21)23(32)30-19-11-29-8-7-14(19)12-3-1-4-13(27)9-12/h2,5-8,10-13H,1,3-4,9,27-28H2,(H,30,32). The molecule has 4 rings (SSSR count). The van der Waals surface area contributed by atoms with Crippen molar-refractivity contribution in [2.24, 2.45) is 5.73 Å². The molecule has 2 unspecified atom stereocenters. The molecule has 1 saturated carbocycles. The summed E-state index contributed by atoms with van der Waals surface area (Å²) in [4.78, 5) is 20.9. The molecule has 9 heteroatoms. The zero-order valence-corrected chi connectivity index (χ0v) is 17.1. The molecule has 2 atom stereocenters. The lowest BCUT2D eigenvalue weighted by Gasteiger charge is -2.28. The molecule has 5 N–H and O–H groups in total. The second-order valence-electron chi connectivity index (χ2n) is 7.89. The smallest absolute Gasteiger partial charge is 0.276 e. The molecule has 1 aliphatic rings. The summed E-state index contributed by atoms with van der Waals surface area (Å²) in [6, 6.07) is 5.84. The summed E-state index contributed by atoms with van der Waals surface area (Å²) in [6.45, 7) is 0. The number of nitrogens with zero attached hydrogens (tertiary/aromatic N) is 2. The molecule has 1 aliphatic carbocycles. The van der Waals surface area contributed by atoms with Gasteiger partial charge in [0, 0.05) is 18.3 Å². The molecule has 2 heterocycles. The zero-order chi connectivity index (χ0) is 22.8. The third-order valence-electron chi connectivity index (χ3n) is 5.68. The average molecular weight is 441 g/mol. The van der Waals surface area contributed by atoms with Crippen LogP contribution in [0.2, 0.25) is 0 Å². The minimum atomic E-state index is -1.04. The highest BCUT2D eigenvalue weighted by Gasteiger charge is 2.25. The van der Waals surface area contributed by atoms with Gasteiger partial charge in [0.2, 0.25) is 0 Å². The van der Waals surface area contributed by atoms with Gasteiger partial charge in [-0.05, 0) is 48.9 Å². The predicted molar refractivity (Wildman–Crippen MR) is 115 cm³/mol. The van der Waals surface area contributed by atoms with E-state index < -0.39 is 34.6 Å². The van der Waals surface area contributed by atoms with Crippen LogP contribution in [0.5, 0.6) is 0 Å². The average Bonchev–Trinajstić information content (AvgIpc) is 2.75. The monoisotopic (exact) mass is 441 g/mol. The Kier molecular flexibility index (Phi) is 6.09. The zero-order valence-electron chi connectivity index (χ0n) is 17.1. The van der Waals surface area contributed by atoms with E-state index in [0.717, 1.165) is 55.5 Å². The van der Waals surface area contributed by atoms with Crippen LogP contribution in [0.4, 0.5) is 24.5 Å². The van der Waals surface area contributed by atoms with E-state index in [4.69, 9.17) is 11.5 Å². The van der Waals surface area contributed by atoms with Crippen LogP contribution in [-0.4, -0.2) is 21.9 Å². The molecule has 0 radical (unpaired) electrons. The van der Waals surface area contributed by atoms with Gasteiger partial charge in [0.25, 0.3) is 5.91 Å². The maximum absolute atomic E-state index is 14.5. The highest BCUT2D eigenvalue weighted by atomic mass is 19.1. The number of nitrogens with one attached hydrogen (secondary N) is 1. The molecule has 0 saturated heterocycles. The number of carbonyl (C=O) groups is 1. The molecule has 3 aromatic rings. The van der Waals surface area contributed by atoms with Crippen LogP contribution in [0.3, 0.4) is 0 Å². The lowest BCUT2D eigenvalue weighted by Crippen LogP contribution is -2.27. The SMILES string of the molecule is Nc1cc(F)c(-c2c(F)cccc2F)nc1C(=O)Nc1cnccc1C1CCCC(N)C1. The molecular formula is C23H22F3N5O. The summed E-state index contributed by atoms with van der Waals surface area (Å²) in [5.74, 6) is -3.64. The molecule has 1 fully saturated rings. The second kappa shape index (κ2) is 8.96. The first-order valence-electron chi connectivity index (χ1n) is 10.3. The molecule has 0 aliphatic heterocycles. The van der Waals surface area contributed by atoms with Crippen molar-refractivity contribution in [3.63, 3.8) is 0 Å². The Morgan fingerprint density at radius 3 is 2.56 bits per heavy atom. The fourth-order valence-electron chi connectivity index (χ4n) is 4.14.